The Morgan fingerprint density at radius 3 is 2.47 bits per heavy atom. The first-order chi connectivity index (χ1) is 23.7. The van der Waals surface area contributed by atoms with E-state index >= 15 is 0 Å². The SMILES string of the molecule is O=C1CN(CCNC(=O)c2ccc(F)cc2)C(=O)[C@@H]2CCCN2C2CCN(CC2)C(=O)C[C@@H]2CCN(Cc3ccccc3O)C[C@@H]2CCN1. The summed E-state index contributed by atoms with van der Waals surface area (Å²) in [4.78, 5) is 61.9. The molecule has 2 aromatic carbocycles. The molecule has 0 spiro atoms. The predicted molar refractivity (Wildman–Crippen MR) is 182 cm³/mol. The molecule has 5 aliphatic heterocycles. The topological polar surface area (TPSA) is 126 Å². The molecular formula is C37H49FN6O5. The molecule has 5 heterocycles. The molecule has 0 radical (unpaired) electrons. The molecule has 49 heavy (non-hydrogen) atoms. The molecule has 5 fully saturated rings. The van der Waals surface area contributed by atoms with Gasteiger partial charge in [0.2, 0.25) is 17.7 Å². The quantitative estimate of drug-likeness (QED) is 0.430. The van der Waals surface area contributed by atoms with Gasteiger partial charge >= 0.3 is 0 Å². The van der Waals surface area contributed by atoms with E-state index in [2.05, 4.69) is 20.4 Å². The number of para-hydroxylation sites is 1. The fourth-order valence-electron chi connectivity index (χ4n) is 8.18. The monoisotopic (exact) mass is 676 g/mol. The van der Waals surface area contributed by atoms with Crippen LogP contribution in [0.3, 0.4) is 0 Å². The normalized spacial score (nSPS) is 26.2. The first-order valence-electron chi connectivity index (χ1n) is 17.9. The van der Waals surface area contributed by atoms with E-state index in [9.17, 15) is 28.7 Å². The number of phenolic OH excluding ortho intramolecular Hbond substituents is 1. The van der Waals surface area contributed by atoms with Gasteiger partial charge < -0.3 is 25.5 Å². The highest BCUT2D eigenvalue weighted by molar-refractivity contribution is 5.94. The number of carbonyl (C=O) groups is 4. The molecule has 2 aromatic rings. The molecule has 7 rings (SSSR count). The van der Waals surface area contributed by atoms with Crippen LogP contribution in [0.2, 0.25) is 0 Å². The van der Waals surface area contributed by atoms with Crippen LogP contribution in [-0.4, -0.2) is 119 Å². The summed E-state index contributed by atoms with van der Waals surface area (Å²) < 4.78 is 13.4. The maximum Gasteiger partial charge on any atom is 0.251 e. The third kappa shape index (κ3) is 8.77. The molecule has 0 aliphatic carbocycles. The standard InChI is InChI=1S/C37H49FN6O5/c38-30-9-7-26(8-10-30)36(48)40-16-21-43-25-34(46)39-15-11-28-23-41(24-29-4-1-2-6-33(29)45)18-12-27(28)22-35(47)42-19-13-31(14-20-42)44-17-3-5-32(44)37(43)49/h1-2,4,6-10,27-28,31-32,45H,3,5,11-25H2,(H,39,46)(H,40,48)/t27-,28-,32-/m0/s1. The number of amides is 4. The number of piperidine rings is 2. The average molecular weight is 677 g/mol. The van der Waals surface area contributed by atoms with E-state index in [1.54, 1.807) is 11.0 Å². The minimum atomic E-state index is -0.428. The van der Waals surface area contributed by atoms with Crippen LogP contribution in [0.1, 0.15) is 60.9 Å². The Morgan fingerprint density at radius 2 is 1.69 bits per heavy atom. The van der Waals surface area contributed by atoms with Crippen molar-refractivity contribution in [1.82, 2.24) is 30.2 Å². The van der Waals surface area contributed by atoms with Gasteiger partial charge in [-0.15, -0.1) is 0 Å². The zero-order valence-electron chi connectivity index (χ0n) is 28.2. The van der Waals surface area contributed by atoms with Crippen LogP contribution >= 0.6 is 0 Å². The fraction of sp³-hybridized carbons (Fsp3) is 0.568. The third-order valence-electron chi connectivity index (χ3n) is 10.9. The highest BCUT2D eigenvalue weighted by Gasteiger charge is 2.40. The third-order valence-corrected chi connectivity index (χ3v) is 10.9. The summed E-state index contributed by atoms with van der Waals surface area (Å²) in [5, 5.41) is 16.2. The van der Waals surface area contributed by atoms with Crippen molar-refractivity contribution in [2.45, 2.75) is 63.6 Å². The smallest absolute Gasteiger partial charge is 0.251 e. The van der Waals surface area contributed by atoms with Gasteiger partial charge in [0, 0.05) is 69.4 Å². The van der Waals surface area contributed by atoms with Crippen molar-refractivity contribution in [2.24, 2.45) is 11.8 Å². The molecule has 4 amide bonds. The Morgan fingerprint density at radius 1 is 0.918 bits per heavy atom. The second-order valence-electron chi connectivity index (χ2n) is 14.0. The highest BCUT2D eigenvalue weighted by atomic mass is 19.1. The number of carbonyl (C=O) groups excluding carboxylic acids is 4. The van der Waals surface area contributed by atoms with Gasteiger partial charge in [-0.3, -0.25) is 29.0 Å². The Balaban J connectivity index is 1.15. The number of phenols is 1. The zero-order valence-corrected chi connectivity index (χ0v) is 28.2. The second kappa shape index (κ2) is 16.1. The van der Waals surface area contributed by atoms with Gasteiger partial charge in [0.05, 0.1) is 12.6 Å². The van der Waals surface area contributed by atoms with E-state index in [1.807, 2.05) is 23.1 Å². The van der Waals surface area contributed by atoms with E-state index < -0.39 is 5.82 Å². The van der Waals surface area contributed by atoms with Gasteiger partial charge in [-0.1, -0.05) is 18.2 Å². The van der Waals surface area contributed by atoms with Crippen LogP contribution < -0.4 is 10.6 Å². The average Bonchev–Trinajstić information content (AvgIpc) is 3.60. The number of nitrogens with one attached hydrogen (secondary N) is 2. The zero-order chi connectivity index (χ0) is 34.3. The van der Waals surface area contributed by atoms with Crippen molar-refractivity contribution in [3.05, 3.63) is 65.5 Å². The van der Waals surface area contributed by atoms with E-state index in [-0.39, 0.29) is 72.9 Å². The summed E-state index contributed by atoms with van der Waals surface area (Å²) in [6.07, 6.45) is 5.28. The van der Waals surface area contributed by atoms with Gasteiger partial charge in [0.25, 0.3) is 5.91 Å². The lowest BCUT2D eigenvalue weighted by atomic mass is 9.80. The van der Waals surface area contributed by atoms with Crippen molar-refractivity contribution in [3.8, 4) is 5.75 Å². The molecule has 12 heteroatoms. The first kappa shape index (κ1) is 34.8. The van der Waals surface area contributed by atoms with Crippen LogP contribution in [0.5, 0.6) is 5.75 Å². The van der Waals surface area contributed by atoms with Crippen molar-refractivity contribution in [3.63, 3.8) is 0 Å². The number of fused-ring (bicyclic) bond motifs is 9. The lowest BCUT2D eigenvalue weighted by molar-refractivity contribution is -0.141. The summed E-state index contributed by atoms with van der Waals surface area (Å²) in [6, 6.07) is 12.5. The lowest BCUT2D eigenvalue weighted by Gasteiger charge is -2.41. The number of hydrogen-bond donors (Lipinski definition) is 3. The summed E-state index contributed by atoms with van der Waals surface area (Å²) in [5.74, 6) is -0.316. The van der Waals surface area contributed by atoms with Crippen LogP contribution in [0.4, 0.5) is 4.39 Å². The Labute approximate surface area is 287 Å². The number of hydrogen-bond acceptors (Lipinski definition) is 7. The molecule has 3 N–H and O–H groups in total. The minimum absolute atomic E-state index is 0.111. The summed E-state index contributed by atoms with van der Waals surface area (Å²) in [5.41, 5.74) is 1.19. The van der Waals surface area contributed by atoms with Crippen LogP contribution in [0.15, 0.2) is 48.5 Å². The first-order valence-corrected chi connectivity index (χ1v) is 17.9. The minimum Gasteiger partial charge on any atom is -0.508 e. The van der Waals surface area contributed by atoms with E-state index in [4.69, 9.17) is 0 Å². The van der Waals surface area contributed by atoms with Crippen molar-refractivity contribution < 1.29 is 28.7 Å². The summed E-state index contributed by atoms with van der Waals surface area (Å²) in [6.45, 7) is 5.01. The van der Waals surface area contributed by atoms with Crippen molar-refractivity contribution >= 4 is 23.6 Å². The number of nitrogens with zero attached hydrogens (tertiary/aromatic N) is 4. The molecule has 11 nitrogen and oxygen atoms in total. The Hall–Kier alpha value is -4.03. The number of halogens is 1. The molecule has 0 unspecified atom stereocenters. The molecule has 0 saturated carbocycles. The molecule has 2 bridgehead atoms. The van der Waals surface area contributed by atoms with E-state index in [0.29, 0.717) is 51.0 Å². The number of likely N-dealkylation sites (tertiary alicyclic amines) is 1. The van der Waals surface area contributed by atoms with Gasteiger partial charge in [0.15, 0.2) is 0 Å². The Kier molecular flexibility index (Phi) is 11.5. The summed E-state index contributed by atoms with van der Waals surface area (Å²) in [7, 11) is 0. The van der Waals surface area contributed by atoms with Crippen molar-refractivity contribution in [1.29, 1.82) is 0 Å². The van der Waals surface area contributed by atoms with Gasteiger partial charge in [0.1, 0.15) is 11.6 Å². The van der Waals surface area contributed by atoms with Crippen molar-refractivity contribution in [2.75, 3.05) is 58.9 Å². The highest BCUT2D eigenvalue weighted by Crippen LogP contribution is 2.33. The van der Waals surface area contributed by atoms with E-state index in [0.717, 1.165) is 50.9 Å². The molecule has 5 saturated heterocycles. The largest absolute Gasteiger partial charge is 0.508 e. The molecule has 3 atom stereocenters. The van der Waals surface area contributed by atoms with Gasteiger partial charge in [-0.05, 0) is 93.8 Å². The maximum absolute atomic E-state index is 14.1. The molecule has 264 valence electrons. The second-order valence-corrected chi connectivity index (χ2v) is 14.0. The van der Waals surface area contributed by atoms with Gasteiger partial charge in [-0.25, -0.2) is 4.39 Å². The Bertz CT molecular complexity index is 1480. The molecule has 0 aromatic heterocycles. The van der Waals surface area contributed by atoms with Gasteiger partial charge in [-0.2, -0.15) is 0 Å². The fourth-order valence-corrected chi connectivity index (χ4v) is 8.18. The number of aromatic hydroxyl groups is 1. The predicted octanol–water partition coefficient (Wildman–Crippen LogP) is 2.59. The van der Waals surface area contributed by atoms with Crippen LogP contribution in [-0.2, 0) is 20.9 Å². The van der Waals surface area contributed by atoms with Crippen LogP contribution in [0, 0.1) is 17.7 Å². The molecular weight excluding hydrogens is 627 g/mol. The number of rotatable bonds is 6. The van der Waals surface area contributed by atoms with E-state index in [1.165, 1.54) is 24.3 Å². The lowest BCUT2D eigenvalue weighted by Crippen LogP contribution is -2.54. The summed E-state index contributed by atoms with van der Waals surface area (Å²) >= 11 is 0. The molecule has 5 aliphatic rings. The maximum atomic E-state index is 14.1. The number of benzene rings is 2. The van der Waals surface area contributed by atoms with Crippen LogP contribution in [0.25, 0.3) is 0 Å².